The van der Waals surface area contributed by atoms with Gasteiger partial charge in [-0.15, -0.1) is 11.3 Å². The molecule has 2 atom stereocenters. The molecule has 0 fully saturated rings. The summed E-state index contributed by atoms with van der Waals surface area (Å²) in [6.07, 6.45) is 0.909. The highest BCUT2D eigenvalue weighted by molar-refractivity contribution is 7.09. The van der Waals surface area contributed by atoms with Crippen LogP contribution in [-0.2, 0) is 11.2 Å². The number of hydrogen-bond acceptors (Lipinski definition) is 3. The predicted octanol–water partition coefficient (Wildman–Crippen LogP) is 2.08. The van der Waals surface area contributed by atoms with Crippen LogP contribution in [-0.4, -0.2) is 35.1 Å². The Labute approximate surface area is 94.3 Å². The van der Waals surface area contributed by atoms with Gasteiger partial charge in [0.1, 0.15) is 6.04 Å². The summed E-state index contributed by atoms with van der Waals surface area (Å²) in [5.74, 6) is -0.768. The minimum Gasteiger partial charge on any atom is -0.480 e. The summed E-state index contributed by atoms with van der Waals surface area (Å²) < 4.78 is 0. The fourth-order valence-electron chi connectivity index (χ4n) is 1.42. The summed E-state index contributed by atoms with van der Waals surface area (Å²) in [5, 5.41) is 10.9. The van der Waals surface area contributed by atoms with Crippen molar-refractivity contribution in [2.75, 3.05) is 7.05 Å². The minimum atomic E-state index is -0.768. The number of likely N-dealkylation sites (N-methyl/N-ethyl adjacent to an activating group) is 1. The lowest BCUT2D eigenvalue weighted by Gasteiger charge is -2.27. The van der Waals surface area contributed by atoms with E-state index in [1.165, 1.54) is 4.88 Å². The molecule has 0 aromatic carbocycles. The van der Waals surface area contributed by atoms with Crippen LogP contribution in [0, 0.1) is 0 Å². The van der Waals surface area contributed by atoms with Crippen molar-refractivity contribution in [1.82, 2.24) is 4.90 Å². The number of carbonyl (C=O) groups is 1. The van der Waals surface area contributed by atoms with Gasteiger partial charge in [-0.1, -0.05) is 6.07 Å². The van der Waals surface area contributed by atoms with Gasteiger partial charge in [0.05, 0.1) is 0 Å². The van der Waals surface area contributed by atoms with Crippen LogP contribution in [0.15, 0.2) is 17.5 Å². The fourth-order valence-corrected chi connectivity index (χ4v) is 2.25. The van der Waals surface area contributed by atoms with Crippen LogP contribution in [0.2, 0.25) is 0 Å². The van der Waals surface area contributed by atoms with E-state index in [1.807, 2.05) is 23.4 Å². The summed E-state index contributed by atoms with van der Waals surface area (Å²) in [6.45, 7) is 3.77. The van der Waals surface area contributed by atoms with Crippen molar-refractivity contribution in [2.45, 2.75) is 32.4 Å². The molecule has 1 rings (SSSR count). The van der Waals surface area contributed by atoms with E-state index in [2.05, 4.69) is 13.0 Å². The van der Waals surface area contributed by atoms with Crippen molar-refractivity contribution in [3.8, 4) is 0 Å². The normalized spacial score (nSPS) is 15.2. The molecule has 84 valence electrons. The summed E-state index contributed by atoms with van der Waals surface area (Å²) in [6, 6.07) is 3.92. The van der Waals surface area contributed by atoms with Gasteiger partial charge in [0.2, 0.25) is 0 Å². The first-order valence-corrected chi connectivity index (χ1v) is 5.87. The second kappa shape index (κ2) is 5.28. The van der Waals surface area contributed by atoms with Gasteiger partial charge in [0, 0.05) is 10.9 Å². The third-order valence-electron chi connectivity index (χ3n) is 2.74. The van der Waals surface area contributed by atoms with E-state index in [9.17, 15) is 4.79 Å². The number of aliphatic carboxylic acids is 1. The number of thiophene rings is 1. The highest BCUT2D eigenvalue weighted by atomic mass is 32.1. The Morgan fingerprint density at radius 2 is 2.27 bits per heavy atom. The lowest BCUT2D eigenvalue weighted by Crippen LogP contribution is -2.42. The third-order valence-corrected chi connectivity index (χ3v) is 3.64. The largest absolute Gasteiger partial charge is 0.480 e. The molecule has 15 heavy (non-hydrogen) atoms. The summed E-state index contributed by atoms with van der Waals surface area (Å²) in [5.41, 5.74) is 0. The summed E-state index contributed by atoms with van der Waals surface area (Å²) in [7, 11) is 1.86. The molecule has 2 unspecified atom stereocenters. The Morgan fingerprint density at radius 3 is 2.73 bits per heavy atom. The van der Waals surface area contributed by atoms with E-state index < -0.39 is 12.0 Å². The van der Waals surface area contributed by atoms with Crippen LogP contribution in [0.1, 0.15) is 18.7 Å². The van der Waals surface area contributed by atoms with Crippen LogP contribution < -0.4 is 0 Å². The summed E-state index contributed by atoms with van der Waals surface area (Å²) in [4.78, 5) is 14.0. The van der Waals surface area contributed by atoms with Crippen LogP contribution >= 0.6 is 11.3 Å². The smallest absolute Gasteiger partial charge is 0.320 e. The van der Waals surface area contributed by atoms with Crippen molar-refractivity contribution in [3.63, 3.8) is 0 Å². The Kier molecular flexibility index (Phi) is 4.29. The first-order valence-electron chi connectivity index (χ1n) is 4.99. The number of rotatable bonds is 5. The van der Waals surface area contributed by atoms with Gasteiger partial charge in [-0.2, -0.15) is 0 Å². The van der Waals surface area contributed by atoms with E-state index in [0.29, 0.717) is 0 Å². The zero-order valence-corrected chi connectivity index (χ0v) is 10.1. The maximum atomic E-state index is 10.8. The SMILES string of the molecule is CC(Cc1cccs1)N(C)C(C)C(=O)O. The second-order valence-corrected chi connectivity index (χ2v) is 4.84. The molecule has 0 aliphatic rings. The molecule has 1 aromatic rings. The van der Waals surface area contributed by atoms with Gasteiger partial charge >= 0.3 is 5.97 Å². The van der Waals surface area contributed by atoms with Gasteiger partial charge in [-0.3, -0.25) is 9.69 Å². The first kappa shape index (κ1) is 12.2. The number of nitrogens with zero attached hydrogens (tertiary/aromatic N) is 1. The molecule has 0 spiro atoms. The summed E-state index contributed by atoms with van der Waals surface area (Å²) >= 11 is 1.71. The predicted molar refractivity (Wildman–Crippen MR) is 62.3 cm³/mol. The Morgan fingerprint density at radius 1 is 1.60 bits per heavy atom. The minimum absolute atomic E-state index is 0.245. The molecule has 0 bridgehead atoms. The molecule has 0 amide bonds. The zero-order chi connectivity index (χ0) is 11.4. The second-order valence-electron chi connectivity index (χ2n) is 3.81. The first-order chi connectivity index (χ1) is 7.02. The van der Waals surface area contributed by atoms with E-state index in [-0.39, 0.29) is 6.04 Å². The molecule has 1 heterocycles. The molecule has 0 aliphatic heterocycles. The Hall–Kier alpha value is -0.870. The maximum absolute atomic E-state index is 10.8. The Bertz CT molecular complexity index is 310. The molecule has 0 saturated heterocycles. The quantitative estimate of drug-likeness (QED) is 0.837. The van der Waals surface area contributed by atoms with E-state index in [1.54, 1.807) is 18.3 Å². The van der Waals surface area contributed by atoms with E-state index in [0.717, 1.165) is 6.42 Å². The van der Waals surface area contributed by atoms with Gasteiger partial charge < -0.3 is 5.11 Å². The van der Waals surface area contributed by atoms with Crippen LogP contribution in [0.5, 0.6) is 0 Å². The van der Waals surface area contributed by atoms with Crippen LogP contribution in [0.4, 0.5) is 0 Å². The molecular formula is C11H17NO2S. The number of carboxylic acids is 1. The van der Waals surface area contributed by atoms with Crippen LogP contribution in [0.3, 0.4) is 0 Å². The van der Waals surface area contributed by atoms with Gasteiger partial charge in [0.25, 0.3) is 0 Å². The van der Waals surface area contributed by atoms with E-state index in [4.69, 9.17) is 5.11 Å². The molecule has 1 aromatic heterocycles. The van der Waals surface area contributed by atoms with E-state index >= 15 is 0 Å². The topological polar surface area (TPSA) is 40.5 Å². The highest BCUT2D eigenvalue weighted by Crippen LogP contribution is 2.14. The molecule has 0 aliphatic carbocycles. The van der Waals surface area contributed by atoms with Gasteiger partial charge in [-0.05, 0) is 38.8 Å². The van der Waals surface area contributed by atoms with Crippen molar-refractivity contribution in [3.05, 3.63) is 22.4 Å². The molecular weight excluding hydrogens is 210 g/mol. The van der Waals surface area contributed by atoms with Crippen molar-refractivity contribution in [2.24, 2.45) is 0 Å². The zero-order valence-electron chi connectivity index (χ0n) is 9.30. The average Bonchev–Trinajstić information content (AvgIpc) is 2.67. The third kappa shape index (κ3) is 3.32. The van der Waals surface area contributed by atoms with Crippen LogP contribution in [0.25, 0.3) is 0 Å². The highest BCUT2D eigenvalue weighted by Gasteiger charge is 2.21. The van der Waals surface area contributed by atoms with Gasteiger partial charge in [0.15, 0.2) is 0 Å². The fraction of sp³-hybridized carbons (Fsp3) is 0.545. The molecule has 0 saturated carbocycles. The molecule has 3 nitrogen and oxygen atoms in total. The average molecular weight is 227 g/mol. The lowest BCUT2D eigenvalue weighted by atomic mass is 10.1. The molecule has 0 radical (unpaired) electrons. The van der Waals surface area contributed by atoms with Crippen molar-refractivity contribution in [1.29, 1.82) is 0 Å². The van der Waals surface area contributed by atoms with Crippen molar-refractivity contribution < 1.29 is 9.90 Å². The number of carboxylic acid groups (broad SMARTS) is 1. The lowest BCUT2D eigenvalue weighted by molar-refractivity contribution is -0.142. The molecule has 1 N–H and O–H groups in total. The number of hydrogen-bond donors (Lipinski definition) is 1. The van der Waals surface area contributed by atoms with Gasteiger partial charge in [-0.25, -0.2) is 0 Å². The standard InChI is InChI=1S/C11H17NO2S/c1-8(7-10-5-4-6-15-10)12(3)9(2)11(13)14/h4-6,8-9H,7H2,1-3H3,(H,13,14). The maximum Gasteiger partial charge on any atom is 0.320 e. The molecule has 4 heteroatoms. The monoisotopic (exact) mass is 227 g/mol. The Balaban J connectivity index is 2.53. The van der Waals surface area contributed by atoms with Crippen molar-refractivity contribution >= 4 is 17.3 Å².